The molecule has 0 amide bonds. The first-order valence-corrected chi connectivity index (χ1v) is 8.77. The second kappa shape index (κ2) is 6.25. The number of carbonyl (C=O) groups is 1. The van der Waals surface area contributed by atoms with Gasteiger partial charge < -0.3 is 9.64 Å². The fraction of sp³-hybridized carbons (Fsp3) is 0.941. The Balaban J connectivity index is 1.69. The Hall–Kier alpha value is -0.610. The van der Waals surface area contributed by atoms with Crippen molar-refractivity contribution < 1.29 is 9.53 Å². The van der Waals surface area contributed by atoms with E-state index in [2.05, 4.69) is 17.1 Å². The molecule has 3 aliphatic carbocycles. The monoisotopic (exact) mass is 294 g/mol. The van der Waals surface area contributed by atoms with Gasteiger partial charge in [-0.05, 0) is 63.8 Å². The van der Waals surface area contributed by atoms with E-state index in [4.69, 9.17) is 4.74 Å². The predicted molar refractivity (Wildman–Crippen MR) is 83.1 cm³/mol. The number of ether oxygens (including phenoxy) is 1. The van der Waals surface area contributed by atoms with Crippen molar-refractivity contribution in [3.8, 4) is 0 Å². The molecular formula is C17H30N2O2. The minimum atomic E-state index is -0.421. The predicted octanol–water partition coefficient (Wildman–Crippen LogP) is 2.32. The molecule has 3 rings (SSSR count). The van der Waals surface area contributed by atoms with Gasteiger partial charge in [0, 0.05) is 18.6 Å². The van der Waals surface area contributed by atoms with Crippen LogP contribution in [0.1, 0.15) is 58.3 Å². The van der Waals surface area contributed by atoms with Gasteiger partial charge >= 0.3 is 5.97 Å². The third-order valence-corrected chi connectivity index (χ3v) is 5.47. The topological polar surface area (TPSA) is 41.6 Å². The van der Waals surface area contributed by atoms with Crippen molar-refractivity contribution in [2.24, 2.45) is 5.92 Å². The second-order valence-electron chi connectivity index (χ2n) is 7.27. The molecule has 0 spiro atoms. The van der Waals surface area contributed by atoms with Crippen molar-refractivity contribution >= 4 is 5.97 Å². The lowest BCUT2D eigenvalue weighted by Crippen LogP contribution is -2.59. The van der Waals surface area contributed by atoms with Crippen LogP contribution >= 0.6 is 0 Å². The lowest BCUT2D eigenvalue weighted by atomic mass is 9.78. The smallest absolute Gasteiger partial charge is 0.326 e. The Morgan fingerprint density at radius 2 is 2.05 bits per heavy atom. The van der Waals surface area contributed by atoms with Gasteiger partial charge in [-0.1, -0.05) is 6.92 Å². The standard InChI is InChI=1S/C17H30N2O2/c1-3-19(12-13-6-7-13)15-5-4-10-17(11-15,16(20)21-2)18-14-8-9-14/h13-15,18H,3-12H2,1-2H3. The molecule has 2 atom stereocenters. The summed E-state index contributed by atoms with van der Waals surface area (Å²) in [6, 6.07) is 1.08. The largest absolute Gasteiger partial charge is 0.468 e. The number of hydrogen-bond acceptors (Lipinski definition) is 4. The van der Waals surface area contributed by atoms with Gasteiger partial charge in [0.2, 0.25) is 0 Å². The van der Waals surface area contributed by atoms with Crippen molar-refractivity contribution in [3.63, 3.8) is 0 Å². The normalized spacial score (nSPS) is 33.2. The van der Waals surface area contributed by atoms with Crippen LogP contribution in [-0.4, -0.2) is 48.7 Å². The SMILES string of the molecule is CCN(CC1CC1)C1CCCC(NC2CC2)(C(=O)OC)C1. The molecule has 0 aromatic rings. The number of hydrogen-bond donors (Lipinski definition) is 1. The average Bonchev–Trinajstić information content (AvgIpc) is 3.40. The summed E-state index contributed by atoms with van der Waals surface area (Å²) < 4.78 is 5.16. The van der Waals surface area contributed by atoms with Crippen molar-refractivity contribution in [2.75, 3.05) is 20.2 Å². The molecule has 0 saturated heterocycles. The van der Waals surface area contributed by atoms with E-state index < -0.39 is 5.54 Å². The number of esters is 1. The van der Waals surface area contributed by atoms with Crippen LogP contribution in [0, 0.1) is 5.92 Å². The third-order valence-electron chi connectivity index (χ3n) is 5.47. The van der Waals surface area contributed by atoms with Crippen LogP contribution in [0.4, 0.5) is 0 Å². The molecule has 0 aromatic carbocycles. The molecular weight excluding hydrogens is 264 g/mol. The molecule has 4 nitrogen and oxygen atoms in total. The molecule has 0 aliphatic heterocycles. The van der Waals surface area contributed by atoms with E-state index in [0.717, 1.165) is 31.7 Å². The number of carbonyl (C=O) groups excluding carboxylic acids is 1. The van der Waals surface area contributed by atoms with Crippen molar-refractivity contribution in [2.45, 2.75) is 75.9 Å². The van der Waals surface area contributed by atoms with Gasteiger partial charge in [0.25, 0.3) is 0 Å². The summed E-state index contributed by atoms with van der Waals surface area (Å²) in [7, 11) is 1.53. The summed E-state index contributed by atoms with van der Waals surface area (Å²) in [5.74, 6) is 0.873. The fourth-order valence-electron chi connectivity index (χ4n) is 3.92. The molecule has 0 aromatic heterocycles. The summed E-state index contributed by atoms with van der Waals surface area (Å²) in [5, 5.41) is 3.63. The summed E-state index contributed by atoms with van der Waals surface area (Å²) in [6.07, 6.45) is 9.43. The molecule has 21 heavy (non-hydrogen) atoms. The number of methoxy groups -OCH3 is 1. The Morgan fingerprint density at radius 1 is 1.29 bits per heavy atom. The van der Waals surface area contributed by atoms with Crippen LogP contribution in [0.2, 0.25) is 0 Å². The first kappa shape index (κ1) is 15.3. The van der Waals surface area contributed by atoms with Crippen LogP contribution in [0.25, 0.3) is 0 Å². The van der Waals surface area contributed by atoms with E-state index in [-0.39, 0.29) is 5.97 Å². The molecule has 3 aliphatic rings. The summed E-state index contributed by atoms with van der Waals surface area (Å²) in [6.45, 7) is 4.58. The molecule has 1 N–H and O–H groups in total. The van der Waals surface area contributed by atoms with Gasteiger partial charge in [0.1, 0.15) is 5.54 Å². The zero-order valence-electron chi connectivity index (χ0n) is 13.6. The quantitative estimate of drug-likeness (QED) is 0.732. The lowest BCUT2D eigenvalue weighted by molar-refractivity contribution is -0.151. The maximum Gasteiger partial charge on any atom is 0.326 e. The summed E-state index contributed by atoms with van der Waals surface area (Å²) in [5.41, 5.74) is -0.421. The van der Waals surface area contributed by atoms with Gasteiger partial charge in [-0.25, -0.2) is 0 Å². The van der Waals surface area contributed by atoms with Crippen LogP contribution in [-0.2, 0) is 9.53 Å². The fourth-order valence-corrected chi connectivity index (χ4v) is 3.92. The van der Waals surface area contributed by atoms with E-state index >= 15 is 0 Å². The van der Waals surface area contributed by atoms with E-state index in [0.29, 0.717) is 12.1 Å². The second-order valence-corrected chi connectivity index (χ2v) is 7.27. The van der Waals surface area contributed by atoms with Crippen LogP contribution in [0.15, 0.2) is 0 Å². The van der Waals surface area contributed by atoms with E-state index in [1.165, 1.54) is 45.8 Å². The zero-order chi connectivity index (χ0) is 14.9. The first-order valence-electron chi connectivity index (χ1n) is 8.77. The molecule has 2 unspecified atom stereocenters. The number of rotatable bonds is 7. The number of nitrogens with zero attached hydrogens (tertiary/aromatic N) is 1. The highest BCUT2D eigenvalue weighted by molar-refractivity contribution is 5.81. The third kappa shape index (κ3) is 3.59. The maximum absolute atomic E-state index is 12.4. The molecule has 0 bridgehead atoms. The molecule has 4 heteroatoms. The Bertz CT molecular complexity index is 379. The Labute approximate surface area is 128 Å². The highest BCUT2D eigenvalue weighted by Crippen LogP contribution is 2.37. The van der Waals surface area contributed by atoms with Gasteiger partial charge in [-0.15, -0.1) is 0 Å². The highest BCUT2D eigenvalue weighted by atomic mass is 16.5. The Morgan fingerprint density at radius 3 is 2.62 bits per heavy atom. The lowest BCUT2D eigenvalue weighted by Gasteiger charge is -2.43. The summed E-state index contributed by atoms with van der Waals surface area (Å²) in [4.78, 5) is 15.1. The van der Waals surface area contributed by atoms with Crippen LogP contribution in [0.3, 0.4) is 0 Å². The van der Waals surface area contributed by atoms with Crippen molar-refractivity contribution in [1.29, 1.82) is 0 Å². The Kier molecular flexibility index (Phi) is 4.55. The minimum Gasteiger partial charge on any atom is -0.468 e. The minimum absolute atomic E-state index is 0.0402. The van der Waals surface area contributed by atoms with E-state index in [9.17, 15) is 4.79 Å². The average molecular weight is 294 g/mol. The summed E-state index contributed by atoms with van der Waals surface area (Å²) >= 11 is 0. The first-order chi connectivity index (χ1) is 10.2. The van der Waals surface area contributed by atoms with E-state index in [1.807, 2.05) is 0 Å². The van der Waals surface area contributed by atoms with Gasteiger partial charge in [-0.3, -0.25) is 10.1 Å². The highest BCUT2D eigenvalue weighted by Gasteiger charge is 2.47. The maximum atomic E-state index is 12.4. The van der Waals surface area contributed by atoms with Crippen molar-refractivity contribution in [3.05, 3.63) is 0 Å². The zero-order valence-corrected chi connectivity index (χ0v) is 13.6. The molecule has 120 valence electrons. The molecule has 3 fully saturated rings. The van der Waals surface area contributed by atoms with Crippen molar-refractivity contribution in [1.82, 2.24) is 10.2 Å². The van der Waals surface area contributed by atoms with Gasteiger partial charge in [0.05, 0.1) is 7.11 Å². The van der Waals surface area contributed by atoms with Crippen LogP contribution in [0.5, 0.6) is 0 Å². The number of nitrogens with one attached hydrogen (secondary N) is 1. The molecule has 0 radical (unpaired) electrons. The van der Waals surface area contributed by atoms with Gasteiger partial charge in [0.15, 0.2) is 0 Å². The van der Waals surface area contributed by atoms with Crippen LogP contribution < -0.4 is 5.32 Å². The van der Waals surface area contributed by atoms with E-state index in [1.54, 1.807) is 0 Å². The molecule has 3 saturated carbocycles. The molecule has 0 heterocycles. The van der Waals surface area contributed by atoms with Gasteiger partial charge in [-0.2, -0.15) is 0 Å².